The van der Waals surface area contributed by atoms with Crippen molar-refractivity contribution in [2.45, 2.75) is 19.9 Å². The van der Waals surface area contributed by atoms with Gasteiger partial charge in [-0.3, -0.25) is 0 Å². The first-order valence-corrected chi connectivity index (χ1v) is 7.24. The first-order valence-electron chi connectivity index (χ1n) is 6.43. The number of urea groups is 1. The first kappa shape index (κ1) is 15.1. The van der Waals surface area contributed by atoms with Gasteiger partial charge in [0.05, 0.1) is 11.6 Å². The Balaban J connectivity index is 1.93. The number of amides is 2. The largest absolute Gasteiger partial charge is 0.478 e. The lowest BCUT2D eigenvalue weighted by molar-refractivity contribution is 0.0697. The van der Waals surface area contributed by atoms with Crippen LogP contribution in [0.2, 0.25) is 0 Å². The van der Waals surface area contributed by atoms with E-state index in [-0.39, 0.29) is 17.6 Å². The molecule has 0 fully saturated rings. The number of carbonyl (C=O) groups excluding carboxylic acids is 1. The van der Waals surface area contributed by atoms with Crippen molar-refractivity contribution in [2.75, 3.05) is 5.32 Å². The van der Waals surface area contributed by atoms with Crippen LogP contribution < -0.4 is 10.6 Å². The smallest absolute Gasteiger partial charge is 0.335 e. The predicted octanol–water partition coefficient (Wildman–Crippen LogP) is 3.64. The lowest BCUT2D eigenvalue weighted by atomic mass is 10.2. The Labute approximate surface area is 126 Å². The normalized spacial score (nSPS) is 11.7. The fourth-order valence-electron chi connectivity index (χ4n) is 1.82. The van der Waals surface area contributed by atoms with E-state index in [1.807, 2.05) is 26.0 Å². The zero-order valence-corrected chi connectivity index (χ0v) is 12.5. The molecule has 5 nitrogen and oxygen atoms in total. The molecule has 1 unspecified atom stereocenters. The molecular weight excluding hydrogens is 288 g/mol. The van der Waals surface area contributed by atoms with Gasteiger partial charge in [-0.2, -0.15) is 0 Å². The molecule has 0 aliphatic rings. The number of carboxylic acids is 1. The van der Waals surface area contributed by atoms with Crippen molar-refractivity contribution in [2.24, 2.45) is 0 Å². The summed E-state index contributed by atoms with van der Waals surface area (Å²) >= 11 is 1.64. The van der Waals surface area contributed by atoms with Crippen molar-refractivity contribution >= 4 is 29.0 Å². The summed E-state index contributed by atoms with van der Waals surface area (Å²) in [6.07, 6.45) is 0. The molecule has 0 radical (unpaired) electrons. The number of hydrogen-bond acceptors (Lipinski definition) is 3. The lowest BCUT2D eigenvalue weighted by Crippen LogP contribution is -2.30. The highest BCUT2D eigenvalue weighted by Gasteiger charge is 2.11. The Morgan fingerprint density at radius 2 is 1.81 bits per heavy atom. The van der Waals surface area contributed by atoms with Crippen LogP contribution in [0, 0.1) is 6.92 Å². The molecule has 0 aliphatic carbocycles. The quantitative estimate of drug-likeness (QED) is 0.807. The van der Waals surface area contributed by atoms with Crippen molar-refractivity contribution in [1.82, 2.24) is 5.32 Å². The number of carbonyl (C=O) groups is 2. The van der Waals surface area contributed by atoms with E-state index in [0.29, 0.717) is 5.69 Å². The van der Waals surface area contributed by atoms with Crippen LogP contribution in [-0.4, -0.2) is 17.1 Å². The van der Waals surface area contributed by atoms with Crippen LogP contribution in [0.3, 0.4) is 0 Å². The van der Waals surface area contributed by atoms with Crippen molar-refractivity contribution in [3.8, 4) is 0 Å². The van der Waals surface area contributed by atoms with Crippen LogP contribution >= 0.6 is 11.3 Å². The Morgan fingerprint density at radius 1 is 1.14 bits per heavy atom. The Kier molecular flexibility index (Phi) is 4.59. The standard InChI is InChI=1S/C15H16N2O3S/c1-9-3-8-13(21-9)10(2)16-15(20)17-12-6-4-11(5-7-12)14(18)19/h3-8,10H,1-2H3,(H,18,19)(H2,16,17,20). The van der Waals surface area contributed by atoms with Crippen molar-refractivity contribution in [3.05, 3.63) is 51.7 Å². The van der Waals surface area contributed by atoms with Crippen LogP contribution in [0.25, 0.3) is 0 Å². The van der Waals surface area contributed by atoms with Gasteiger partial charge in [-0.05, 0) is 50.2 Å². The number of carboxylic acid groups (broad SMARTS) is 1. The van der Waals surface area contributed by atoms with Crippen LogP contribution in [-0.2, 0) is 0 Å². The summed E-state index contributed by atoms with van der Waals surface area (Å²) in [5.41, 5.74) is 0.732. The number of aromatic carboxylic acids is 1. The van der Waals surface area contributed by atoms with Gasteiger partial charge in [0.25, 0.3) is 0 Å². The Bertz CT molecular complexity index is 649. The molecule has 0 spiro atoms. The van der Waals surface area contributed by atoms with Gasteiger partial charge in [0.1, 0.15) is 0 Å². The van der Waals surface area contributed by atoms with E-state index in [1.165, 1.54) is 17.0 Å². The first-order chi connectivity index (χ1) is 9.95. The molecule has 0 saturated heterocycles. The van der Waals surface area contributed by atoms with E-state index in [1.54, 1.807) is 23.5 Å². The maximum absolute atomic E-state index is 11.9. The SMILES string of the molecule is Cc1ccc(C(C)NC(=O)Nc2ccc(C(=O)O)cc2)s1. The highest BCUT2D eigenvalue weighted by Crippen LogP contribution is 2.22. The minimum absolute atomic E-state index is 0.0815. The average Bonchev–Trinajstić information content (AvgIpc) is 2.86. The second-order valence-corrected chi connectivity index (χ2v) is 5.97. The van der Waals surface area contributed by atoms with Gasteiger partial charge in [-0.25, -0.2) is 9.59 Å². The summed E-state index contributed by atoms with van der Waals surface area (Å²) in [4.78, 5) is 24.9. The molecule has 6 heteroatoms. The lowest BCUT2D eigenvalue weighted by Gasteiger charge is -2.13. The van der Waals surface area contributed by atoms with E-state index < -0.39 is 5.97 Å². The molecule has 1 aromatic carbocycles. The van der Waals surface area contributed by atoms with E-state index in [2.05, 4.69) is 10.6 Å². The number of anilines is 1. The molecule has 0 aliphatic heterocycles. The van der Waals surface area contributed by atoms with Crippen molar-refractivity contribution < 1.29 is 14.7 Å². The monoisotopic (exact) mass is 304 g/mol. The van der Waals surface area contributed by atoms with E-state index >= 15 is 0 Å². The molecule has 1 atom stereocenters. The Hall–Kier alpha value is -2.34. The molecule has 2 amide bonds. The van der Waals surface area contributed by atoms with E-state index in [9.17, 15) is 9.59 Å². The fourth-order valence-corrected chi connectivity index (χ4v) is 2.70. The van der Waals surface area contributed by atoms with Gasteiger partial charge in [-0.15, -0.1) is 11.3 Å². The maximum atomic E-state index is 11.9. The second kappa shape index (κ2) is 6.41. The zero-order valence-electron chi connectivity index (χ0n) is 11.7. The molecule has 0 bridgehead atoms. The molecule has 21 heavy (non-hydrogen) atoms. The van der Waals surface area contributed by atoms with Gasteiger partial charge < -0.3 is 15.7 Å². The van der Waals surface area contributed by atoms with Gasteiger partial charge >= 0.3 is 12.0 Å². The molecule has 2 aromatic rings. The van der Waals surface area contributed by atoms with Crippen LogP contribution in [0.15, 0.2) is 36.4 Å². The average molecular weight is 304 g/mol. The van der Waals surface area contributed by atoms with Crippen molar-refractivity contribution in [3.63, 3.8) is 0 Å². The van der Waals surface area contributed by atoms with Crippen LogP contribution in [0.1, 0.15) is 33.1 Å². The maximum Gasteiger partial charge on any atom is 0.335 e. The van der Waals surface area contributed by atoms with Crippen molar-refractivity contribution in [1.29, 1.82) is 0 Å². The highest BCUT2D eigenvalue weighted by molar-refractivity contribution is 7.12. The number of rotatable bonds is 4. The second-order valence-electron chi connectivity index (χ2n) is 4.65. The molecular formula is C15H16N2O3S. The van der Waals surface area contributed by atoms with Crippen LogP contribution in [0.4, 0.5) is 10.5 Å². The molecule has 3 N–H and O–H groups in total. The third kappa shape index (κ3) is 4.06. The zero-order chi connectivity index (χ0) is 15.4. The van der Waals surface area contributed by atoms with Gasteiger partial charge in [0.15, 0.2) is 0 Å². The minimum atomic E-state index is -0.993. The van der Waals surface area contributed by atoms with E-state index in [4.69, 9.17) is 5.11 Å². The number of nitrogens with one attached hydrogen (secondary N) is 2. The molecule has 1 aromatic heterocycles. The fraction of sp³-hybridized carbons (Fsp3) is 0.200. The highest BCUT2D eigenvalue weighted by atomic mass is 32.1. The van der Waals surface area contributed by atoms with Gasteiger partial charge in [0.2, 0.25) is 0 Å². The summed E-state index contributed by atoms with van der Waals surface area (Å²) in [7, 11) is 0. The predicted molar refractivity (Wildman–Crippen MR) is 83.0 cm³/mol. The molecule has 110 valence electrons. The van der Waals surface area contributed by atoms with Gasteiger partial charge in [-0.1, -0.05) is 0 Å². The third-order valence-corrected chi connectivity index (χ3v) is 4.11. The minimum Gasteiger partial charge on any atom is -0.478 e. The Morgan fingerprint density at radius 3 is 2.33 bits per heavy atom. The topological polar surface area (TPSA) is 78.4 Å². The summed E-state index contributed by atoms with van der Waals surface area (Å²) in [6, 6.07) is 9.62. The van der Waals surface area contributed by atoms with Crippen LogP contribution in [0.5, 0.6) is 0 Å². The third-order valence-electron chi connectivity index (χ3n) is 2.93. The summed E-state index contributed by atoms with van der Waals surface area (Å²) in [6.45, 7) is 3.93. The summed E-state index contributed by atoms with van der Waals surface area (Å²) < 4.78 is 0. The molecule has 1 heterocycles. The molecule has 0 saturated carbocycles. The summed E-state index contributed by atoms with van der Waals surface area (Å²) in [5, 5.41) is 14.3. The molecule has 2 rings (SSSR count). The number of aryl methyl sites for hydroxylation is 1. The van der Waals surface area contributed by atoms with Gasteiger partial charge in [0, 0.05) is 15.4 Å². The number of benzene rings is 1. The van der Waals surface area contributed by atoms with E-state index in [0.717, 1.165) is 4.88 Å². The summed E-state index contributed by atoms with van der Waals surface area (Å²) in [5.74, 6) is -0.993. The number of thiophene rings is 1. The number of hydrogen-bond donors (Lipinski definition) is 3.